The molecule has 1 aromatic rings. The number of aromatic nitrogens is 1. The summed E-state index contributed by atoms with van der Waals surface area (Å²) in [6, 6.07) is 3.75. The van der Waals surface area contributed by atoms with Gasteiger partial charge in [0.15, 0.2) is 0 Å². The summed E-state index contributed by atoms with van der Waals surface area (Å²) in [5.74, 6) is 0.0103. The molecule has 0 unspecified atom stereocenters. The van der Waals surface area contributed by atoms with Gasteiger partial charge in [0.1, 0.15) is 0 Å². The highest BCUT2D eigenvalue weighted by Gasteiger charge is 2.06. The van der Waals surface area contributed by atoms with E-state index in [2.05, 4.69) is 10.3 Å². The fourth-order valence-corrected chi connectivity index (χ4v) is 1.37. The van der Waals surface area contributed by atoms with Crippen LogP contribution in [0, 0.1) is 0 Å². The van der Waals surface area contributed by atoms with E-state index in [0.717, 1.165) is 11.4 Å². The van der Waals surface area contributed by atoms with Crippen molar-refractivity contribution in [3.8, 4) is 0 Å². The fraction of sp³-hybridized carbons (Fsp3) is 0.455. The molecule has 1 amide bonds. The molecule has 0 bridgehead atoms. The van der Waals surface area contributed by atoms with Crippen molar-refractivity contribution in [2.45, 2.75) is 13.5 Å². The van der Waals surface area contributed by atoms with Crippen molar-refractivity contribution < 1.29 is 4.79 Å². The van der Waals surface area contributed by atoms with Crippen LogP contribution in [0.5, 0.6) is 0 Å². The SMILES string of the molecule is CCNC(=O)CN(C)c1ccnc(CN)c1. The van der Waals surface area contributed by atoms with Crippen molar-refractivity contribution in [3.05, 3.63) is 24.0 Å². The number of rotatable bonds is 5. The molecule has 0 saturated carbocycles. The first-order valence-corrected chi connectivity index (χ1v) is 5.30. The van der Waals surface area contributed by atoms with Crippen LogP contribution in [-0.4, -0.2) is 31.0 Å². The third kappa shape index (κ3) is 3.51. The lowest BCUT2D eigenvalue weighted by Crippen LogP contribution is -2.35. The van der Waals surface area contributed by atoms with Crippen molar-refractivity contribution in [2.24, 2.45) is 5.73 Å². The molecule has 16 heavy (non-hydrogen) atoms. The number of nitrogens with zero attached hydrogens (tertiary/aromatic N) is 2. The number of amides is 1. The van der Waals surface area contributed by atoms with Gasteiger partial charge in [-0.2, -0.15) is 0 Å². The Morgan fingerprint density at radius 3 is 3.00 bits per heavy atom. The zero-order valence-corrected chi connectivity index (χ0v) is 9.73. The number of hydrogen-bond acceptors (Lipinski definition) is 4. The smallest absolute Gasteiger partial charge is 0.239 e. The van der Waals surface area contributed by atoms with Gasteiger partial charge >= 0.3 is 0 Å². The van der Waals surface area contributed by atoms with Crippen LogP contribution >= 0.6 is 0 Å². The molecule has 0 aromatic carbocycles. The van der Waals surface area contributed by atoms with E-state index < -0.39 is 0 Å². The zero-order valence-electron chi connectivity index (χ0n) is 9.73. The van der Waals surface area contributed by atoms with Crippen molar-refractivity contribution >= 4 is 11.6 Å². The first kappa shape index (κ1) is 12.4. The summed E-state index contributed by atoms with van der Waals surface area (Å²) >= 11 is 0. The number of pyridine rings is 1. The summed E-state index contributed by atoms with van der Waals surface area (Å²) in [5, 5.41) is 2.75. The molecule has 1 heterocycles. The average molecular weight is 222 g/mol. The number of carbonyl (C=O) groups excluding carboxylic acids is 1. The van der Waals surface area contributed by atoms with Crippen molar-refractivity contribution in [3.63, 3.8) is 0 Å². The van der Waals surface area contributed by atoms with Gasteiger partial charge in [-0.25, -0.2) is 0 Å². The minimum atomic E-state index is 0.0103. The zero-order chi connectivity index (χ0) is 12.0. The van der Waals surface area contributed by atoms with E-state index in [9.17, 15) is 4.79 Å². The van der Waals surface area contributed by atoms with Crippen molar-refractivity contribution in [2.75, 3.05) is 25.0 Å². The van der Waals surface area contributed by atoms with Crippen LogP contribution in [0.25, 0.3) is 0 Å². The van der Waals surface area contributed by atoms with Gasteiger partial charge in [-0.05, 0) is 19.1 Å². The maximum atomic E-state index is 11.4. The Balaban J connectivity index is 2.64. The molecule has 5 nitrogen and oxygen atoms in total. The molecule has 0 radical (unpaired) electrons. The molecule has 0 aliphatic rings. The third-order valence-electron chi connectivity index (χ3n) is 2.20. The van der Waals surface area contributed by atoms with Gasteiger partial charge in [0.05, 0.1) is 12.2 Å². The second-order valence-corrected chi connectivity index (χ2v) is 3.52. The van der Waals surface area contributed by atoms with E-state index in [1.807, 2.05) is 31.0 Å². The van der Waals surface area contributed by atoms with E-state index in [1.165, 1.54) is 0 Å². The van der Waals surface area contributed by atoms with Crippen LogP contribution in [0.1, 0.15) is 12.6 Å². The first-order chi connectivity index (χ1) is 7.67. The fourth-order valence-electron chi connectivity index (χ4n) is 1.37. The van der Waals surface area contributed by atoms with E-state index in [4.69, 9.17) is 5.73 Å². The third-order valence-corrected chi connectivity index (χ3v) is 2.20. The van der Waals surface area contributed by atoms with Crippen LogP contribution in [0.4, 0.5) is 5.69 Å². The number of nitrogens with one attached hydrogen (secondary N) is 1. The maximum absolute atomic E-state index is 11.4. The molecular weight excluding hydrogens is 204 g/mol. The lowest BCUT2D eigenvalue weighted by molar-refractivity contribution is -0.119. The summed E-state index contributed by atoms with van der Waals surface area (Å²) in [6.07, 6.45) is 1.70. The predicted molar refractivity (Wildman–Crippen MR) is 64.1 cm³/mol. The predicted octanol–water partition coefficient (Wildman–Crippen LogP) is 0.113. The molecule has 0 spiro atoms. The maximum Gasteiger partial charge on any atom is 0.239 e. The normalized spacial score (nSPS) is 9.94. The highest BCUT2D eigenvalue weighted by atomic mass is 16.1. The first-order valence-electron chi connectivity index (χ1n) is 5.30. The van der Waals surface area contributed by atoms with Crippen LogP contribution in [-0.2, 0) is 11.3 Å². The Bertz CT molecular complexity index is 354. The summed E-state index contributed by atoms with van der Waals surface area (Å²) in [5.41, 5.74) is 7.27. The van der Waals surface area contributed by atoms with Gasteiger partial charge in [0.25, 0.3) is 0 Å². The Hall–Kier alpha value is -1.62. The van der Waals surface area contributed by atoms with Gasteiger partial charge in [-0.3, -0.25) is 9.78 Å². The van der Waals surface area contributed by atoms with E-state index >= 15 is 0 Å². The lowest BCUT2D eigenvalue weighted by atomic mass is 10.3. The van der Waals surface area contributed by atoms with Gasteiger partial charge < -0.3 is 16.0 Å². The molecule has 0 saturated heterocycles. The van der Waals surface area contributed by atoms with Gasteiger partial charge in [-0.15, -0.1) is 0 Å². The topological polar surface area (TPSA) is 71.2 Å². The van der Waals surface area contributed by atoms with Crippen LogP contribution in [0.15, 0.2) is 18.3 Å². The molecule has 88 valence electrons. The van der Waals surface area contributed by atoms with E-state index in [1.54, 1.807) is 6.20 Å². The lowest BCUT2D eigenvalue weighted by Gasteiger charge is -2.18. The van der Waals surface area contributed by atoms with Crippen LogP contribution in [0.2, 0.25) is 0 Å². The quantitative estimate of drug-likeness (QED) is 0.742. The Morgan fingerprint density at radius 2 is 2.38 bits per heavy atom. The molecule has 3 N–H and O–H groups in total. The van der Waals surface area contributed by atoms with Gasteiger partial charge in [-0.1, -0.05) is 0 Å². The Morgan fingerprint density at radius 1 is 1.62 bits per heavy atom. The van der Waals surface area contributed by atoms with Crippen molar-refractivity contribution in [1.82, 2.24) is 10.3 Å². The van der Waals surface area contributed by atoms with Gasteiger partial charge in [0, 0.05) is 32.0 Å². The molecule has 0 fully saturated rings. The summed E-state index contributed by atoms with van der Waals surface area (Å²) in [6.45, 7) is 3.29. The number of hydrogen-bond donors (Lipinski definition) is 2. The molecular formula is C11H18N4O. The van der Waals surface area contributed by atoms with E-state index in [0.29, 0.717) is 19.6 Å². The molecule has 1 rings (SSSR count). The van der Waals surface area contributed by atoms with Crippen molar-refractivity contribution in [1.29, 1.82) is 0 Å². The minimum Gasteiger partial charge on any atom is -0.365 e. The highest BCUT2D eigenvalue weighted by molar-refractivity contribution is 5.81. The monoisotopic (exact) mass is 222 g/mol. The van der Waals surface area contributed by atoms with E-state index in [-0.39, 0.29) is 5.91 Å². The summed E-state index contributed by atoms with van der Waals surface area (Å²) < 4.78 is 0. The standard InChI is InChI=1S/C11H18N4O/c1-3-13-11(16)8-15(2)10-4-5-14-9(6-10)7-12/h4-6H,3,7-8,12H2,1-2H3,(H,13,16). The second kappa shape index (κ2) is 6.07. The molecule has 1 aromatic heterocycles. The van der Waals surface area contributed by atoms with Crippen LogP contribution < -0.4 is 16.0 Å². The Kier molecular flexibility index (Phi) is 4.72. The molecule has 5 heteroatoms. The van der Waals surface area contributed by atoms with Gasteiger partial charge in [0.2, 0.25) is 5.91 Å². The number of anilines is 1. The number of nitrogens with two attached hydrogens (primary N) is 1. The molecule has 0 aliphatic carbocycles. The Labute approximate surface area is 95.7 Å². The number of likely N-dealkylation sites (N-methyl/N-ethyl adjacent to an activating group) is 2. The number of carbonyl (C=O) groups is 1. The molecule has 0 aliphatic heterocycles. The minimum absolute atomic E-state index is 0.0103. The summed E-state index contributed by atoms with van der Waals surface area (Å²) in [7, 11) is 1.87. The second-order valence-electron chi connectivity index (χ2n) is 3.52. The highest BCUT2D eigenvalue weighted by Crippen LogP contribution is 2.11. The largest absolute Gasteiger partial charge is 0.365 e. The molecule has 0 atom stereocenters. The van der Waals surface area contributed by atoms with Crippen LogP contribution in [0.3, 0.4) is 0 Å². The average Bonchev–Trinajstić information content (AvgIpc) is 2.29. The summed E-state index contributed by atoms with van der Waals surface area (Å²) in [4.78, 5) is 17.4.